The molecule has 0 aliphatic rings. The smallest absolute Gasteiger partial charge is 0.462 e. The minimum absolute atomic E-state index is 0.102. The van der Waals surface area contributed by atoms with Crippen LogP contribution < -0.4 is 0 Å². The molecule has 101 heavy (non-hydrogen) atoms. The van der Waals surface area contributed by atoms with Gasteiger partial charge in [-0.3, -0.25) is 37.3 Å². The van der Waals surface area contributed by atoms with Gasteiger partial charge in [0.25, 0.3) is 0 Å². The topological polar surface area (TPSA) is 237 Å². The third-order valence-corrected chi connectivity index (χ3v) is 20.6. The quantitative estimate of drug-likeness (QED) is 0.0169. The summed E-state index contributed by atoms with van der Waals surface area (Å²) < 4.78 is 68.6. The van der Waals surface area contributed by atoms with Crippen molar-refractivity contribution in [3.05, 3.63) is 24.3 Å². The van der Waals surface area contributed by atoms with Crippen molar-refractivity contribution < 1.29 is 80.2 Å². The van der Waals surface area contributed by atoms with Gasteiger partial charge < -0.3 is 33.8 Å². The van der Waals surface area contributed by atoms with Crippen LogP contribution in [0.5, 0.6) is 0 Å². The highest BCUT2D eigenvalue weighted by Crippen LogP contribution is 2.45. The van der Waals surface area contributed by atoms with Crippen molar-refractivity contribution in [2.24, 2.45) is 5.92 Å². The SMILES string of the molecule is CCCCCC/C=C\C=C/CCCCCCCC(=O)OC[C@H](COP(=O)(O)OC[C@@H](O)COP(=O)(O)OC[C@@H](COC(=O)CCCCCCCCC(C)C)OC(=O)CCCCCCCCCCCCCCCCC)OC(=O)CCCCCCCCCCCCCCCCCCCCCCCC. The van der Waals surface area contributed by atoms with Gasteiger partial charge in [-0.25, -0.2) is 9.13 Å². The maximum absolute atomic E-state index is 13.1. The molecule has 17 nitrogen and oxygen atoms in total. The van der Waals surface area contributed by atoms with E-state index in [0.717, 1.165) is 116 Å². The maximum Gasteiger partial charge on any atom is 0.472 e. The minimum atomic E-state index is -4.97. The number of aliphatic hydroxyl groups excluding tert-OH is 1. The van der Waals surface area contributed by atoms with Gasteiger partial charge in [0, 0.05) is 25.7 Å². The Morgan fingerprint density at radius 1 is 0.307 bits per heavy atom. The van der Waals surface area contributed by atoms with Crippen LogP contribution in [0.25, 0.3) is 0 Å². The third kappa shape index (κ3) is 75.6. The molecule has 596 valence electrons. The zero-order valence-corrected chi connectivity index (χ0v) is 67.3. The molecule has 5 atom stereocenters. The largest absolute Gasteiger partial charge is 0.472 e. The van der Waals surface area contributed by atoms with Gasteiger partial charge in [0.2, 0.25) is 0 Å². The molecular weight excluding hydrogens is 1320 g/mol. The van der Waals surface area contributed by atoms with Crippen molar-refractivity contribution in [3.63, 3.8) is 0 Å². The number of allylic oxidation sites excluding steroid dienone is 4. The molecule has 0 rings (SSSR count). The van der Waals surface area contributed by atoms with E-state index in [0.29, 0.717) is 31.6 Å². The van der Waals surface area contributed by atoms with Crippen LogP contribution in [0.3, 0.4) is 0 Å². The molecule has 0 aromatic carbocycles. The first-order valence-electron chi connectivity index (χ1n) is 42.0. The molecular formula is C82H156O17P2. The summed E-state index contributed by atoms with van der Waals surface area (Å²) in [5.74, 6) is -1.46. The summed E-state index contributed by atoms with van der Waals surface area (Å²) in [5.41, 5.74) is 0. The highest BCUT2D eigenvalue weighted by Gasteiger charge is 2.30. The lowest BCUT2D eigenvalue weighted by molar-refractivity contribution is -0.161. The monoisotopic (exact) mass is 1480 g/mol. The predicted octanol–water partition coefficient (Wildman–Crippen LogP) is 24.4. The summed E-state index contributed by atoms with van der Waals surface area (Å²) in [7, 11) is -9.93. The molecule has 19 heteroatoms. The van der Waals surface area contributed by atoms with E-state index in [2.05, 4.69) is 58.9 Å². The first kappa shape index (κ1) is 98.5. The van der Waals surface area contributed by atoms with Gasteiger partial charge >= 0.3 is 39.5 Å². The second kappa shape index (κ2) is 74.4. The molecule has 3 N–H and O–H groups in total. The maximum atomic E-state index is 13.1. The number of carbonyl (C=O) groups is 4. The number of phosphoric acid groups is 2. The Labute approximate surface area is 618 Å². The number of phosphoric ester groups is 2. The van der Waals surface area contributed by atoms with E-state index < -0.39 is 97.5 Å². The van der Waals surface area contributed by atoms with E-state index >= 15 is 0 Å². The predicted molar refractivity (Wildman–Crippen MR) is 414 cm³/mol. The molecule has 0 bridgehead atoms. The number of hydrogen-bond donors (Lipinski definition) is 3. The number of rotatable bonds is 80. The molecule has 0 saturated heterocycles. The normalized spacial score (nSPS) is 14.0. The van der Waals surface area contributed by atoms with E-state index in [1.807, 2.05) is 0 Å². The fraction of sp³-hybridized carbons (Fsp3) is 0.902. The molecule has 0 aromatic rings. The van der Waals surface area contributed by atoms with Crippen LogP contribution in [0.4, 0.5) is 0 Å². The molecule has 0 fully saturated rings. The van der Waals surface area contributed by atoms with Crippen molar-refractivity contribution in [3.8, 4) is 0 Å². The molecule has 2 unspecified atom stereocenters. The molecule has 0 aliphatic heterocycles. The first-order valence-corrected chi connectivity index (χ1v) is 44.9. The summed E-state index contributed by atoms with van der Waals surface area (Å²) in [4.78, 5) is 73.0. The number of esters is 4. The Bertz CT molecular complexity index is 2020. The zero-order valence-electron chi connectivity index (χ0n) is 65.5. The van der Waals surface area contributed by atoms with E-state index in [9.17, 15) is 43.2 Å². The Balaban J connectivity index is 5.22. The molecule has 0 aromatic heterocycles. The Hall–Kier alpha value is -2.46. The van der Waals surface area contributed by atoms with E-state index in [-0.39, 0.29) is 25.7 Å². The van der Waals surface area contributed by atoms with Crippen molar-refractivity contribution in [2.75, 3.05) is 39.6 Å². The van der Waals surface area contributed by atoms with Crippen molar-refractivity contribution in [1.29, 1.82) is 0 Å². The summed E-state index contributed by atoms with van der Waals surface area (Å²) in [6, 6.07) is 0. The average Bonchev–Trinajstić information content (AvgIpc) is 0.934. The molecule has 0 amide bonds. The third-order valence-electron chi connectivity index (χ3n) is 18.7. The summed E-state index contributed by atoms with van der Waals surface area (Å²) in [6.07, 6.45) is 69.1. The van der Waals surface area contributed by atoms with Gasteiger partial charge in [-0.15, -0.1) is 0 Å². The fourth-order valence-electron chi connectivity index (χ4n) is 12.2. The van der Waals surface area contributed by atoms with Crippen LogP contribution >= 0.6 is 15.6 Å². The summed E-state index contributed by atoms with van der Waals surface area (Å²) >= 11 is 0. The van der Waals surface area contributed by atoms with Crippen LogP contribution in [0.2, 0.25) is 0 Å². The van der Waals surface area contributed by atoms with Gasteiger partial charge in [-0.2, -0.15) is 0 Å². The summed E-state index contributed by atoms with van der Waals surface area (Å²) in [5, 5.41) is 10.6. The van der Waals surface area contributed by atoms with Crippen LogP contribution in [0.1, 0.15) is 413 Å². The number of aliphatic hydroxyl groups is 1. The Kier molecular flexibility index (Phi) is 72.6. The van der Waals surface area contributed by atoms with Gasteiger partial charge in [-0.05, 0) is 57.3 Å². The molecule has 0 saturated carbocycles. The van der Waals surface area contributed by atoms with E-state index in [1.165, 1.54) is 212 Å². The van der Waals surface area contributed by atoms with Crippen molar-refractivity contribution in [2.45, 2.75) is 432 Å². The Morgan fingerprint density at radius 2 is 0.535 bits per heavy atom. The highest BCUT2D eigenvalue weighted by atomic mass is 31.2. The average molecular weight is 1480 g/mol. The standard InChI is InChI=1S/C82H156O17P2/c1-6-9-12-15-18-21-24-27-30-31-32-33-34-35-36-39-42-45-48-51-58-63-67-81(86)98-77(71-92-79(84)65-60-55-49-46-43-40-37-28-25-22-19-16-13-10-7-2)73-96-100(88,89)94-69-76(83)70-95-101(90,91)97-74-78(72-93-80(85)66-61-56-53-52-54-59-64-75(4)5)99-82(87)68-62-57-50-47-44-41-38-29-26-23-20-17-14-11-8-3/h22,25,28,37,75-78,83H,6-21,23-24,26-27,29-36,38-74H2,1-5H3,(H,88,89)(H,90,91)/b25-22-,37-28-/t76-,77-,78-/m1/s1. The lowest BCUT2D eigenvalue weighted by Crippen LogP contribution is -2.30. The lowest BCUT2D eigenvalue weighted by atomic mass is 10.0. The molecule has 0 spiro atoms. The lowest BCUT2D eigenvalue weighted by Gasteiger charge is -2.21. The number of hydrogen-bond acceptors (Lipinski definition) is 15. The van der Waals surface area contributed by atoms with Crippen LogP contribution in [-0.4, -0.2) is 96.7 Å². The van der Waals surface area contributed by atoms with Gasteiger partial charge in [-0.1, -0.05) is 361 Å². The first-order chi connectivity index (χ1) is 49.0. The number of carbonyl (C=O) groups excluding carboxylic acids is 4. The zero-order chi connectivity index (χ0) is 74.1. The highest BCUT2D eigenvalue weighted by molar-refractivity contribution is 7.47. The number of ether oxygens (including phenoxy) is 4. The van der Waals surface area contributed by atoms with Crippen LogP contribution in [-0.2, 0) is 65.4 Å². The second-order valence-corrected chi connectivity index (χ2v) is 32.2. The van der Waals surface area contributed by atoms with Gasteiger partial charge in [0.15, 0.2) is 12.2 Å². The van der Waals surface area contributed by atoms with Crippen LogP contribution in [0.15, 0.2) is 24.3 Å². The van der Waals surface area contributed by atoms with Gasteiger partial charge in [0.1, 0.15) is 19.3 Å². The Morgan fingerprint density at radius 3 is 0.812 bits per heavy atom. The van der Waals surface area contributed by atoms with Gasteiger partial charge in [0.05, 0.1) is 26.4 Å². The second-order valence-electron chi connectivity index (χ2n) is 29.3. The van der Waals surface area contributed by atoms with Crippen LogP contribution in [0, 0.1) is 5.92 Å². The molecule has 0 radical (unpaired) electrons. The number of unbranched alkanes of at least 4 members (excludes halogenated alkanes) is 49. The fourth-order valence-corrected chi connectivity index (χ4v) is 13.8. The van der Waals surface area contributed by atoms with Crippen molar-refractivity contribution in [1.82, 2.24) is 0 Å². The van der Waals surface area contributed by atoms with E-state index in [4.69, 9.17) is 37.0 Å². The minimum Gasteiger partial charge on any atom is -0.462 e. The molecule has 0 heterocycles. The van der Waals surface area contributed by atoms with Crippen molar-refractivity contribution >= 4 is 39.5 Å². The van der Waals surface area contributed by atoms with E-state index in [1.54, 1.807) is 0 Å². The molecule has 0 aliphatic carbocycles. The summed E-state index contributed by atoms with van der Waals surface area (Å²) in [6.45, 7) is 7.18.